The van der Waals surface area contributed by atoms with Gasteiger partial charge in [0.05, 0.1) is 0 Å². The third kappa shape index (κ3) is 6.24. The number of rotatable bonds is 10. The molecule has 0 amide bonds. The summed E-state index contributed by atoms with van der Waals surface area (Å²) in [4.78, 5) is 0. The normalized spacial score (nSPS) is 12.7. The van der Waals surface area contributed by atoms with E-state index in [1.165, 1.54) is 23.2 Å². The second-order valence-electron chi connectivity index (χ2n) is 10.0. The molecule has 0 spiro atoms. The van der Waals surface area contributed by atoms with Crippen molar-refractivity contribution < 1.29 is 18.9 Å². The molecule has 0 aliphatic rings. The van der Waals surface area contributed by atoms with Crippen LogP contribution in [0, 0.1) is 0 Å². The molecule has 0 fully saturated rings. The van der Waals surface area contributed by atoms with Crippen LogP contribution in [0.1, 0.15) is 66.5 Å². The second-order valence-corrected chi connectivity index (χ2v) is 20.2. The van der Waals surface area contributed by atoms with Gasteiger partial charge in [-0.2, -0.15) is 0 Å². The fourth-order valence-corrected chi connectivity index (χ4v) is 18.9. The van der Waals surface area contributed by atoms with Gasteiger partial charge >= 0.3 is 18.9 Å². The first kappa shape index (κ1) is 27.5. The van der Waals surface area contributed by atoms with Crippen LogP contribution < -0.4 is 18.9 Å². The van der Waals surface area contributed by atoms with Crippen molar-refractivity contribution in [1.29, 1.82) is 0 Å². The van der Waals surface area contributed by atoms with Crippen molar-refractivity contribution >= 4 is 16.5 Å². The van der Waals surface area contributed by atoms with E-state index in [-0.39, 0.29) is 18.9 Å². The molecule has 0 saturated carbocycles. The van der Waals surface area contributed by atoms with E-state index in [0.29, 0.717) is 22.2 Å². The van der Waals surface area contributed by atoms with Crippen molar-refractivity contribution in [3.05, 3.63) is 76.4 Å². The minimum Gasteiger partial charge on any atom is -0.665 e. The maximum absolute atomic E-state index is 6.21. The van der Waals surface area contributed by atoms with Crippen molar-refractivity contribution in [3.63, 3.8) is 0 Å². The molecular formula is C26H42LiNSi2. The molecule has 2 rings (SSSR count). The summed E-state index contributed by atoms with van der Waals surface area (Å²) in [6.45, 7) is 19.6. The SMILES string of the molecule is CC(C)[Si](Cc1ccccc1)([N-][Si](Cc1ccccc1)(C(C)C)C(C)C)C(C)C.[Li+]. The summed E-state index contributed by atoms with van der Waals surface area (Å²) < 4.78 is 6.21. The van der Waals surface area contributed by atoms with Gasteiger partial charge in [0, 0.05) is 0 Å². The first-order valence-electron chi connectivity index (χ1n) is 11.5. The Morgan fingerprint density at radius 3 is 1.03 bits per heavy atom. The molecule has 0 atom stereocenters. The molecule has 0 N–H and O–H groups in total. The second kappa shape index (κ2) is 11.9. The molecule has 30 heavy (non-hydrogen) atoms. The summed E-state index contributed by atoms with van der Waals surface area (Å²) in [5, 5.41) is 0. The summed E-state index contributed by atoms with van der Waals surface area (Å²) in [5.41, 5.74) is 5.51. The van der Waals surface area contributed by atoms with Crippen LogP contribution in [0.2, 0.25) is 22.2 Å². The first-order valence-corrected chi connectivity index (χ1v) is 16.1. The van der Waals surface area contributed by atoms with Crippen LogP contribution in [0.25, 0.3) is 4.65 Å². The first-order chi connectivity index (χ1) is 13.6. The average molecular weight is 432 g/mol. The van der Waals surface area contributed by atoms with Crippen LogP contribution in [-0.4, -0.2) is 16.5 Å². The van der Waals surface area contributed by atoms with Gasteiger partial charge in [-0.1, -0.05) is 161 Å². The fourth-order valence-electron chi connectivity index (χ4n) is 4.98. The van der Waals surface area contributed by atoms with E-state index in [2.05, 4.69) is 116 Å². The predicted molar refractivity (Wildman–Crippen MR) is 136 cm³/mol. The maximum atomic E-state index is 6.21. The fraction of sp³-hybridized carbons (Fsp3) is 0.538. The Hall–Kier alpha value is -0.569. The maximum Gasteiger partial charge on any atom is 1.00 e. The van der Waals surface area contributed by atoms with Crippen LogP contribution in [0.3, 0.4) is 0 Å². The zero-order valence-electron chi connectivity index (χ0n) is 20.9. The van der Waals surface area contributed by atoms with Gasteiger partial charge < -0.3 is 4.65 Å². The van der Waals surface area contributed by atoms with E-state index in [0.717, 1.165) is 0 Å². The number of benzene rings is 2. The molecule has 1 nitrogen and oxygen atoms in total. The van der Waals surface area contributed by atoms with Crippen LogP contribution in [0.4, 0.5) is 0 Å². The molecule has 0 unspecified atom stereocenters. The van der Waals surface area contributed by atoms with Crippen molar-refractivity contribution in [2.45, 2.75) is 89.6 Å². The molecule has 4 heteroatoms. The molecule has 0 aliphatic carbocycles. The molecule has 2 aromatic rings. The van der Waals surface area contributed by atoms with E-state index in [9.17, 15) is 0 Å². The van der Waals surface area contributed by atoms with Crippen LogP contribution >= 0.6 is 0 Å². The molecule has 0 bridgehead atoms. The molecule has 0 aromatic heterocycles. The molecule has 0 saturated heterocycles. The standard InChI is InChI=1S/C26H42NSi2.Li/c1-21(2)28(22(3)4,19-25-15-11-9-12-16-25)27-29(23(5)6,24(7)8)20-26-17-13-10-14-18-26;/h9-18,21-24H,19-20H2,1-8H3;/q-1;+1. The Labute approximate surface area is 200 Å². The zero-order chi connectivity index (χ0) is 21.7. The summed E-state index contributed by atoms with van der Waals surface area (Å²) in [5.74, 6) is 0. The molecule has 0 aliphatic heterocycles. The quantitative estimate of drug-likeness (QED) is 0.444. The largest absolute Gasteiger partial charge is 1.00 e. The van der Waals surface area contributed by atoms with Gasteiger partial charge in [-0.3, -0.25) is 0 Å². The van der Waals surface area contributed by atoms with Gasteiger partial charge in [0.1, 0.15) is 0 Å². The van der Waals surface area contributed by atoms with Crippen LogP contribution in [-0.2, 0) is 12.1 Å². The summed E-state index contributed by atoms with van der Waals surface area (Å²) in [6.07, 6.45) is 0. The zero-order valence-corrected chi connectivity index (χ0v) is 22.9. The Bertz CT molecular complexity index is 650. The van der Waals surface area contributed by atoms with Crippen molar-refractivity contribution in [1.82, 2.24) is 0 Å². The average Bonchev–Trinajstić information content (AvgIpc) is 2.67. The topological polar surface area (TPSA) is 14.1 Å². The summed E-state index contributed by atoms with van der Waals surface area (Å²) in [6, 6.07) is 24.6. The van der Waals surface area contributed by atoms with E-state index in [4.69, 9.17) is 4.65 Å². The third-order valence-corrected chi connectivity index (χ3v) is 20.4. The summed E-state index contributed by atoms with van der Waals surface area (Å²) >= 11 is 0. The van der Waals surface area contributed by atoms with E-state index >= 15 is 0 Å². The van der Waals surface area contributed by atoms with Gasteiger partial charge in [-0.15, -0.1) is 0 Å². The van der Waals surface area contributed by atoms with Gasteiger partial charge in [-0.05, 0) is 16.5 Å². The molecule has 160 valence electrons. The smallest absolute Gasteiger partial charge is 0.665 e. The number of hydrogen-bond donors (Lipinski definition) is 0. The van der Waals surface area contributed by atoms with Gasteiger partial charge in [-0.25, -0.2) is 0 Å². The number of nitrogens with zero attached hydrogens (tertiary/aromatic N) is 1. The van der Waals surface area contributed by atoms with E-state index in [1.54, 1.807) is 0 Å². The number of hydrogen-bond acceptors (Lipinski definition) is 0. The predicted octanol–water partition coefficient (Wildman–Crippen LogP) is 5.46. The Balaban J connectivity index is 0.00000450. The van der Waals surface area contributed by atoms with E-state index < -0.39 is 16.5 Å². The minimum atomic E-state index is -1.92. The summed E-state index contributed by atoms with van der Waals surface area (Å²) in [7, 11) is -3.84. The van der Waals surface area contributed by atoms with Crippen molar-refractivity contribution in [2.24, 2.45) is 0 Å². The van der Waals surface area contributed by atoms with Gasteiger partial charge in [0.15, 0.2) is 0 Å². The van der Waals surface area contributed by atoms with Gasteiger partial charge in [0.2, 0.25) is 0 Å². The molecule has 0 radical (unpaired) electrons. The minimum absolute atomic E-state index is 0. The molecule has 0 heterocycles. The Morgan fingerprint density at radius 2 is 0.800 bits per heavy atom. The molecule has 2 aromatic carbocycles. The third-order valence-electron chi connectivity index (χ3n) is 7.08. The Morgan fingerprint density at radius 1 is 0.533 bits per heavy atom. The molecular weight excluding hydrogens is 389 g/mol. The van der Waals surface area contributed by atoms with Gasteiger partial charge in [0.25, 0.3) is 0 Å². The van der Waals surface area contributed by atoms with Crippen molar-refractivity contribution in [2.75, 3.05) is 0 Å². The van der Waals surface area contributed by atoms with E-state index in [1.807, 2.05) is 0 Å². The monoisotopic (exact) mass is 431 g/mol. The van der Waals surface area contributed by atoms with Crippen LogP contribution in [0.15, 0.2) is 60.7 Å². The Kier molecular flexibility index (Phi) is 10.9. The van der Waals surface area contributed by atoms with Crippen molar-refractivity contribution in [3.8, 4) is 0 Å². The van der Waals surface area contributed by atoms with Crippen LogP contribution in [0.5, 0.6) is 0 Å².